The first-order valence-corrected chi connectivity index (χ1v) is 6.34. The molecule has 0 saturated carbocycles. The van der Waals surface area contributed by atoms with Gasteiger partial charge in [-0.3, -0.25) is 0 Å². The largest absolute Gasteiger partial charge is 0.457 e. The minimum atomic E-state index is -0.778. The monoisotopic (exact) mass is 260 g/mol. The molecule has 0 aromatic heterocycles. The lowest BCUT2D eigenvalue weighted by Crippen LogP contribution is -1.97. The van der Waals surface area contributed by atoms with E-state index in [4.69, 9.17) is 4.74 Å². The summed E-state index contributed by atoms with van der Waals surface area (Å²) < 4.78 is 18.9. The van der Waals surface area contributed by atoms with Crippen LogP contribution < -0.4 is 4.74 Å². The Bertz CT molecular complexity index is 564. The predicted octanol–water partition coefficient (Wildman–Crippen LogP) is 4.23. The van der Waals surface area contributed by atoms with E-state index in [1.165, 1.54) is 23.8 Å². The first kappa shape index (κ1) is 13.6. The lowest BCUT2D eigenvalue weighted by atomic mass is 10.1. The van der Waals surface area contributed by atoms with Gasteiger partial charge in [0, 0.05) is 5.56 Å². The summed E-state index contributed by atoms with van der Waals surface area (Å²) >= 11 is 0. The smallest absolute Gasteiger partial charge is 0.133 e. The van der Waals surface area contributed by atoms with Crippen LogP contribution in [0.3, 0.4) is 0 Å². The molecule has 0 spiro atoms. The fourth-order valence-electron chi connectivity index (χ4n) is 1.89. The molecular weight excluding hydrogens is 243 g/mol. The predicted molar refractivity (Wildman–Crippen MR) is 72.9 cm³/mol. The van der Waals surface area contributed by atoms with Crippen molar-refractivity contribution >= 4 is 0 Å². The molecule has 19 heavy (non-hydrogen) atoms. The molecule has 0 radical (unpaired) electrons. The summed E-state index contributed by atoms with van der Waals surface area (Å²) in [5, 5.41) is 9.66. The number of aryl methyl sites for hydroxylation is 1. The van der Waals surface area contributed by atoms with Crippen LogP contribution in [0, 0.1) is 5.82 Å². The Morgan fingerprint density at radius 1 is 1.21 bits per heavy atom. The van der Waals surface area contributed by atoms with Crippen molar-refractivity contribution in [2.24, 2.45) is 0 Å². The van der Waals surface area contributed by atoms with E-state index < -0.39 is 6.10 Å². The molecule has 1 unspecified atom stereocenters. The molecular formula is C16H17FO2. The first-order valence-electron chi connectivity index (χ1n) is 6.34. The molecule has 0 aliphatic rings. The van der Waals surface area contributed by atoms with Gasteiger partial charge in [-0.25, -0.2) is 4.39 Å². The third kappa shape index (κ3) is 3.32. The maximum absolute atomic E-state index is 13.2. The van der Waals surface area contributed by atoms with E-state index in [9.17, 15) is 9.50 Å². The summed E-state index contributed by atoms with van der Waals surface area (Å²) in [5.41, 5.74) is 1.61. The molecule has 0 heterocycles. The molecule has 0 bridgehead atoms. The van der Waals surface area contributed by atoms with Gasteiger partial charge in [-0.05, 0) is 49.2 Å². The van der Waals surface area contributed by atoms with Crippen molar-refractivity contribution in [3.63, 3.8) is 0 Å². The van der Waals surface area contributed by atoms with Gasteiger partial charge in [0.25, 0.3) is 0 Å². The molecule has 0 saturated heterocycles. The number of rotatable bonds is 4. The number of aliphatic hydroxyl groups excluding tert-OH is 1. The van der Waals surface area contributed by atoms with Crippen LogP contribution in [-0.4, -0.2) is 5.11 Å². The Balaban J connectivity index is 2.32. The van der Waals surface area contributed by atoms with Crippen molar-refractivity contribution in [3.05, 3.63) is 59.4 Å². The molecule has 2 aromatic rings. The quantitative estimate of drug-likeness (QED) is 0.891. The van der Waals surface area contributed by atoms with Crippen molar-refractivity contribution in [2.45, 2.75) is 26.4 Å². The Morgan fingerprint density at radius 2 is 2.00 bits per heavy atom. The Labute approximate surface area is 112 Å². The van der Waals surface area contributed by atoms with Gasteiger partial charge in [0.2, 0.25) is 0 Å². The Hall–Kier alpha value is -1.87. The number of ether oxygens (including phenoxy) is 1. The van der Waals surface area contributed by atoms with Crippen LogP contribution in [0.25, 0.3) is 0 Å². The van der Waals surface area contributed by atoms with E-state index in [1.807, 2.05) is 24.3 Å². The van der Waals surface area contributed by atoms with E-state index in [1.54, 1.807) is 6.92 Å². The lowest BCUT2D eigenvalue weighted by Gasteiger charge is -2.13. The van der Waals surface area contributed by atoms with Gasteiger partial charge in [-0.15, -0.1) is 0 Å². The third-order valence-corrected chi connectivity index (χ3v) is 2.96. The summed E-state index contributed by atoms with van der Waals surface area (Å²) in [6.45, 7) is 3.66. The van der Waals surface area contributed by atoms with Crippen LogP contribution in [-0.2, 0) is 6.42 Å². The fourth-order valence-corrected chi connectivity index (χ4v) is 1.89. The zero-order valence-corrected chi connectivity index (χ0v) is 11.1. The van der Waals surface area contributed by atoms with Crippen LogP contribution in [0.5, 0.6) is 11.5 Å². The zero-order valence-electron chi connectivity index (χ0n) is 11.1. The SMILES string of the molecule is CCc1cccc(Oc2ccc(F)cc2C(C)O)c1. The molecule has 2 rings (SSSR count). The van der Waals surface area contributed by atoms with E-state index in [2.05, 4.69) is 6.92 Å². The summed E-state index contributed by atoms with van der Waals surface area (Å²) in [6.07, 6.45) is 0.143. The van der Waals surface area contributed by atoms with Crippen LogP contribution >= 0.6 is 0 Å². The number of benzene rings is 2. The second-order valence-electron chi connectivity index (χ2n) is 4.46. The fraction of sp³-hybridized carbons (Fsp3) is 0.250. The van der Waals surface area contributed by atoms with Gasteiger partial charge >= 0.3 is 0 Å². The van der Waals surface area contributed by atoms with E-state index in [0.717, 1.165) is 6.42 Å². The third-order valence-electron chi connectivity index (χ3n) is 2.96. The number of halogens is 1. The summed E-state index contributed by atoms with van der Waals surface area (Å²) in [4.78, 5) is 0. The molecule has 0 aliphatic carbocycles. The Morgan fingerprint density at radius 3 is 2.68 bits per heavy atom. The lowest BCUT2D eigenvalue weighted by molar-refractivity contribution is 0.195. The molecule has 0 amide bonds. The van der Waals surface area contributed by atoms with Crippen molar-refractivity contribution in [2.75, 3.05) is 0 Å². The molecule has 0 aliphatic heterocycles. The highest BCUT2D eigenvalue weighted by molar-refractivity contribution is 5.40. The highest BCUT2D eigenvalue weighted by Crippen LogP contribution is 2.30. The van der Waals surface area contributed by atoms with Crippen molar-refractivity contribution < 1.29 is 14.2 Å². The summed E-state index contributed by atoms with van der Waals surface area (Å²) in [6, 6.07) is 11.9. The summed E-state index contributed by atoms with van der Waals surface area (Å²) in [5.74, 6) is 0.781. The summed E-state index contributed by atoms with van der Waals surface area (Å²) in [7, 11) is 0. The first-order chi connectivity index (χ1) is 9.10. The molecule has 2 nitrogen and oxygen atoms in total. The van der Waals surface area contributed by atoms with Crippen molar-refractivity contribution in [1.82, 2.24) is 0 Å². The average molecular weight is 260 g/mol. The van der Waals surface area contributed by atoms with E-state index >= 15 is 0 Å². The van der Waals surface area contributed by atoms with Gasteiger partial charge in [-0.1, -0.05) is 19.1 Å². The van der Waals surface area contributed by atoms with E-state index in [0.29, 0.717) is 17.1 Å². The number of hydrogen-bond acceptors (Lipinski definition) is 2. The maximum Gasteiger partial charge on any atom is 0.133 e. The van der Waals surface area contributed by atoms with Gasteiger partial charge in [0.1, 0.15) is 17.3 Å². The number of hydrogen-bond donors (Lipinski definition) is 1. The van der Waals surface area contributed by atoms with Crippen LogP contribution in [0.1, 0.15) is 31.1 Å². The molecule has 3 heteroatoms. The molecule has 1 N–H and O–H groups in total. The van der Waals surface area contributed by atoms with Gasteiger partial charge in [0.05, 0.1) is 6.10 Å². The van der Waals surface area contributed by atoms with Gasteiger partial charge in [0.15, 0.2) is 0 Å². The Kier molecular flexibility index (Phi) is 4.17. The maximum atomic E-state index is 13.2. The second-order valence-corrected chi connectivity index (χ2v) is 4.46. The molecule has 100 valence electrons. The molecule has 1 atom stereocenters. The van der Waals surface area contributed by atoms with Crippen LogP contribution in [0.4, 0.5) is 4.39 Å². The van der Waals surface area contributed by atoms with Gasteiger partial charge < -0.3 is 9.84 Å². The van der Waals surface area contributed by atoms with Crippen LogP contribution in [0.15, 0.2) is 42.5 Å². The molecule has 2 aromatic carbocycles. The van der Waals surface area contributed by atoms with E-state index in [-0.39, 0.29) is 5.82 Å². The van der Waals surface area contributed by atoms with Crippen LogP contribution in [0.2, 0.25) is 0 Å². The normalized spacial score (nSPS) is 12.2. The van der Waals surface area contributed by atoms with Crippen molar-refractivity contribution in [3.8, 4) is 11.5 Å². The average Bonchev–Trinajstić information content (AvgIpc) is 2.41. The highest BCUT2D eigenvalue weighted by atomic mass is 19.1. The standard InChI is InChI=1S/C16H17FO2/c1-3-12-5-4-6-14(9-12)19-16-8-7-13(17)10-15(16)11(2)18/h4-11,18H,3H2,1-2H3. The zero-order chi connectivity index (χ0) is 13.8. The molecule has 0 fully saturated rings. The highest BCUT2D eigenvalue weighted by Gasteiger charge is 2.11. The van der Waals surface area contributed by atoms with Crippen molar-refractivity contribution in [1.29, 1.82) is 0 Å². The van der Waals surface area contributed by atoms with Gasteiger partial charge in [-0.2, -0.15) is 0 Å². The number of aliphatic hydroxyl groups is 1. The topological polar surface area (TPSA) is 29.5 Å². The minimum absolute atomic E-state index is 0.384. The second kappa shape index (κ2) is 5.85. The minimum Gasteiger partial charge on any atom is -0.457 e.